The monoisotopic (exact) mass is 200 g/mol. The summed E-state index contributed by atoms with van der Waals surface area (Å²) >= 11 is 0. The number of likely N-dealkylation sites (N-methyl/N-ethyl adjacent to an activating group) is 1. The van der Waals surface area contributed by atoms with Crippen molar-refractivity contribution in [3.63, 3.8) is 0 Å². The van der Waals surface area contributed by atoms with Gasteiger partial charge in [-0.25, -0.2) is 0 Å². The minimum absolute atomic E-state index is 0.621. The van der Waals surface area contributed by atoms with E-state index < -0.39 is 0 Å². The summed E-state index contributed by atoms with van der Waals surface area (Å²) in [6.45, 7) is 2.16. The lowest BCUT2D eigenvalue weighted by atomic mass is 10.1. The lowest BCUT2D eigenvalue weighted by Gasteiger charge is -2.06. The van der Waals surface area contributed by atoms with E-state index in [1.807, 2.05) is 7.05 Å². The van der Waals surface area contributed by atoms with E-state index in [2.05, 4.69) is 35.4 Å². The van der Waals surface area contributed by atoms with Crippen molar-refractivity contribution in [1.29, 1.82) is 0 Å². The lowest BCUT2D eigenvalue weighted by molar-refractivity contribution is 0.591. The number of aromatic nitrogens is 1. The van der Waals surface area contributed by atoms with Crippen LogP contribution in [0.5, 0.6) is 0 Å². The molecule has 1 aliphatic rings. The standard InChI is InChI=1S/C13H16N2/c1-8-3-4-12-10(5-8)11-6-9(14-2)7-13(11)15-12/h3-5,9,14-15H,6-7H2,1-2H3. The second kappa shape index (κ2) is 3.11. The van der Waals surface area contributed by atoms with E-state index in [0.29, 0.717) is 6.04 Å². The van der Waals surface area contributed by atoms with Crippen LogP contribution in [0.1, 0.15) is 16.8 Å². The zero-order chi connectivity index (χ0) is 10.4. The molecule has 0 saturated carbocycles. The second-order valence-corrected chi connectivity index (χ2v) is 4.52. The predicted octanol–water partition coefficient (Wildman–Crippen LogP) is 2.16. The van der Waals surface area contributed by atoms with Crippen molar-refractivity contribution in [1.82, 2.24) is 10.3 Å². The Balaban J connectivity index is 2.17. The van der Waals surface area contributed by atoms with Crippen LogP contribution in [0, 0.1) is 6.92 Å². The number of H-pyrrole nitrogens is 1. The van der Waals surface area contributed by atoms with Gasteiger partial charge >= 0.3 is 0 Å². The minimum Gasteiger partial charge on any atom is -0.358 e. The third-order valence-corrected chi connectivity index (χ3v) is 3.46. The van der Waals surface area contributed by atoms with Gasteiger partial charge in [-0.15, -0.1) is 0 Å². The van der Waals surface area contributed by atoms with Crippen molar-refractivity contribution in [3.05, 3.63) is 35.0 Å². The van der Waals surface area contributed by atoms with Crippen LogP contribution in [0.4, 0.5) is 0 Å². The molecule has 2 nitrogen and oxygen atoms in total. The third-order valence-electron chi connectivity index (χ3n) is 3.46. The number of aryl methyl sites for hydroxylation is 1. The Hall–Kier alpha value is -1.28. The van der Waals surface area contributed by atoms with Crippen molar-refractivity contribution < 1.29 is 0 Å². The molecule has 0 amide bonds. The first-order valence-corrected chi connectivity index (χ1v) is 5.55. The molecule has 0 fully saturated rings. The van der Waals surface area contributed by atoms with E-state index in [1.165, 1.54) is 27.7 Å². The number of hydrogen-bond donors (Lipinski definition) is 2. The van der Waals surface area contributed by atoms with Gasteiger partial charge in [0.1, 0.15) is 0 Å². The Morgan fingerprint density at radius 3 is 3.00 bits per heavy atom. The van der Waals surface area contributed by atoms with Crippen LogP contribution < -0.4 is 5.32 Å². The first kappa shape index (κ1) is 8.98. The maximum Gasteiger partial charge on any atom is 0.0459 e. The van der Waals surface area contributed by atoms with Gasteiger partial charge in [-0.3, -0.25) is 0 Å². The molecule has 0 saturated heterocycles. The highest BCUT2D eigenvalue weighted by Crippen LogP contribution is 2.30. The molecule has 1 atom stereocenters. The largest absolute Gasteiger partial charge is 0.358 e. The number of rotatable bonds is 1. The van der Waals surface area contributed by atoms with Gasteiger partial charge in [0, 0.05) is 29.1 Å². The predicted molar refractivity (Wildman–Crippen MR) is 63.3 cm³/mol. The summed E-state index contributed by atoms with van der Waals surface area (Å²) in [4.78, 5) is 3.53. The summed E-state index contributed by atoms with van der Waals surface area (Å²) in [6.07, 6.45) is 2.30. The van der Waals surface area contributed by atoms with Crippen LogP contribution in [0.3, 0.4) is 0 Å². The number of nitrogens with one attached hydrogen (secondary N) is 2. The molecule has 1 aliphatic carbocycles. The van der Waals surface area contributed by atoms with E-state index in [1.54, 1.807) is 0 Å². The quantitative estimate of drug-likeness (QED) is 0.725. The van der Waals surface area contributed by atoms with Gasteiger partial charge in [-0.2, -0.15) is 0 Å². The smallest absolute Gasteiger partial charge is 0.0459 e. The molecule has 15 heavy (non-hydrogen) atoms. The van der Waals surface area contributed by atoms with Crippen molar-refractivity contribution in [2.45, 2.75) is 25.8 Å². The minimum atomic E-state index is 0.621. The van der Waals surface area contributed by atoms with Gasteiger partial charge in [0.05, 0.1) is 0 Å². The fourth-order valence-corrected chi connectivity index (χ4v) is 2.59. The number of benzene rings is 1. The fraction of sp³-hybridized carbons (Fsp3) is 0.385. The Morgan fingerprint density at radius 1 is 1.33 bits per heavy atom. The normalized spacial score (nSPS) is 19.7. The van der Waals surface area contributed by atoms with Gasteiger partial charge in [0.25, 0.3) is 0 Å². The molecule has 1 unspecified atom stereocenters. The summed E-state index contributed by atoms with van der Waals surface area (Å²) in [5, 5.41) is 4.78. The summed E-state index contributed by atoms with van der Waals surface area (Å²) in [5.74, 6) is 0. The molecule has 78 valence electrons. The van der Waals surface area contributed by atoms with E-state index in [-0.39, 0.29) is 0 Å². The summed E-state index contributed by atoms with van der Waals surface area (Å²) < 4.78 is 0. The maximum atomic E-state index is 3.53. The average molecular weight is 200 g/mol. The molecule has 1 heterocycles. The maximum absolute atomic E-state index is 3.53. The van der Waals surface area contributed by atoms with Crippen LogP contribution in [0.25, 0.3) is 10.9 Å². The average Bonchev–Trinajstić information content (AvgIpc) is 2.75. The molecule has 0 bridgehead atoms. The molecular weight excluding hydrogens is 184 g/mol. The van der Waals surface area contributed by atoms with Crippen LogP contribution >= 0.6 is 0 Å². The molecule has 1 aromatic heterocycles. The summed E-state index contributed by atoms with van der Waals surface area (Å²) in [6, 6.07) is 7.28. The van der Waals surface area contributed by atoms with Crippen LogP contribution in [0.15, 0.2) is 18.2 Å². The van der Waals surface area contributed by atoms with Crippen molar-refractivity contribution in [2.24, 2.45) is 0 Å². The molecule has 2 heteroatoms. The highest BCUT2D eigenvalue weighted by atomic mass is 14.9. The molecule has 0 spiro atoms. The molecule has 2 N–H and O–H groups in total. The number of fused-ring (bicyclic) bond motifs is 3. The second-order valence-electron chi connectivity index (χ2n) is 4.52. The first-order valence-electron chi connectivity index (χ1n) is 5.55. The van der Waals surface area contributed by atoms with Crippen molar-refractivity contribution in [2.75, 3.05) is 7.05 Å². The summed E-state index contributed by atoms with van der Waals surface area (Å²) in [5.41, 5.74) is 5.58. The van der Waals surface area contributed by atoms with Gasteiger partial charge in [0.15, 0.2) is 0 Å². The molecule has 3 rings (SSSR count). The Labute approximate surface area is 89.7 Å². The number of aromatic amines is 1. The van der Waals surface area contributed by atoms with Crippen molar-refractivity contribution in [3.8, 4) is 0 Å². The van der Waals surface area contributed by atoms with E-state index in [9.17, 15) is 0 Å². The SMILES string of the molecule is CNC1Cc2[nH]c3ccc(C)cc3c2C1. The van der Waals surface area contributed by atoms with E-state index >= 15 is 0 Å². The molecule has 0 radical (unpaired) electrons. The third kappa shape index (κ3) is 1.29. The lowest BCUT2D eigenvalue weighted by Crippen LogP contribution is -2.25. The Bertz CT molecular complexity index is 510. The topological polar surface area (TPSA) is 27.8 Å². The van der Waals surface area contributed by atoms with Gasteiger partial charge in [0.2, 0.25) is 0 Å². The molecule has 1 aromatic carbocycles. The van der Waals surface area contributed by atoms with Gasteiger partial charge < -0.3 is 10.3 Å². The van der Waals surface area contributed by atoms with Crippen LogP contribution in [-0.4, -0.2) is 18.1 Å². The molecule has 2 aromatic rings. The number of hydrogen-bond acceptors (Lipinski definition) is 1. The molecular formula is C13H16N2. The van der Waals surface area contributed by atoms with Gasteiger partial charge in [-0.05, 0) is 38.1 Å². The zero-order valence-corrected chi connectivity index (χ0v) is 9.22. The molecule has 0 aliphatic heterocycles. The highest BCUT2D eigenvalue weighted by molar-refractivity contribution is 5.86. The van der Waals surface area contributed by atoms with Crippen LogP contribution in [-0.2, 0) is 12.8 Å². The summed E-state index contributed by atoms with van der Waals surface area (Å²) in [7, 11) is 2.05. The van der Waals surface area contributed by atoms with E-state index in [4.69, 9.17) is 0 Å². The Morgan fingerprint density at radius 2 is 2.20 bits per heavy atom. The van der Waals surface area contributed by atoms with Gasteiger partial charge in [-0.1, -0.05) is 11.6 Å². The first-order chi connectivity index (χ1) is 7.28. The van der Waals surface area contributed by atoms with E-state index in [0.717, 1.165) is 12.8 Å². The van der Waals surface area contributed by atoms with Crippen molar-refractivity contribution >= 4 is 10.9 Å². The highest BCUT2D eigenvalue weighted by Gasteiger charge is 2.23. The fourth-order valence-electron chi connectivity index (χ4n) is 2.59. The zero-order valence-electron chi connectivity index (χ0n) is 9.22. The Kier molecular flexibility index (Phi) is 1.86. The van der Waals surface area contributed by atoms with Crippen LogP contribution in [0.2, 0.25) is 0 Å².